The molecule has 1 aliphatic rings. The largest absolute Gasteiger partial charge is 0.417 e. The number of carbonyl (C=O) groups excluding carboxylic acids is 2. The van der Waals surface area contributed by atoms with Crippen LogP contribution in [-0.2, 0) is 0 Å². The van der Waals surface area contributed by atoms with Gasteiger partial charge >= 0.3 is 11.8 Å². The number of hydrogen-bond donors (Lipinski definition) is 0. The van der Waals surface area contributed by atoms with Gasteiger partial charge in [0, 0.05) is 37.7 Å². The lowest BCUT2D eigenvalue weighted by molar-refractivity contribution is 0.0512. The maximum absolute atomic E-state index is 13.3. The predicted molar refractivity (Wildman–Crippen MR) is 86.6 cm³/mol. The summed E-state index contributed by atoms with van der Waals surface area (Å²) in [5, 5.41) is 7.65. The van der Waals surface area contributed by atoms with Crippen molar-refractivity contribution in [2.75, 3.05) is 26.2 Å². The van der Waals surface area contributed by atoms with Crippen LogP contribution >= 0.6 is 0 Å². The first-order valence-corrected chi connectivity index (χ1v) is 8.13. The lowest BCUT2D eigenvalue weighted by Gasteiger charge is -2.34. The first-order valence-electron chi connectivity index (χ1n) is 8.13. The van der Waals surface area contributed by atoms with Gasteiger partial charge in [-0.15, -0.1) is 10.2 Å². The first kappa shape index (κ1) is 17.1. The van der Waals surface area contributed by atoms with Crippen molar-refractivity contribution in [2.45, 2.75) is 19.8 Å². The molecule has 25 heavy (non-hydrogen) atoms. The van der Waals surface area contributed by atoms with Gasteiger partial charge in [-0.3, -0.25) is 9.59 Å². The van der Waals surface area contributed by atoms with Crippen LogP contribution in [-0.4, -0.2) is 58.0 Å². The summed E-state index contributed by atoms with van der Waals surface area (Å²) >= 11 is 0. The fourth-order valence-electron chi connectivity index (χ4n) is 2.61. The molecule has 132 valence electrons. The Morgan fingerprint density at radius 3 is 2.28 bits per heavy atom. The highest BCUT2D eigenvalue weighted by Gasteiger charge is 2.28. The van der Waals surface area contributed by atoms with Crippen LogP contribution in [0.25, 0.3) is 0 Å². The molecule has 7 nitrogen and oxygen atoms in total. The molecule has 8 heteroatoms. The molecule has 0 saturated carbocycles. The number of rotatable bonds is 3. The summed E-state index contributed by atoms with van der Waals surface area (Å²) in [5.74, 6) is -0.590. The molecule has 0 atom stereocenters. The zero-order valence-corrected chi connectivity index (χ0v) is 14.1. The minimum Gasteiger partial charge on any atom is -0.417 e. The molecule has 1 saturated heterocycles. The number of benzene rings is 1. The molecule has 1 aromatic heterocycles. The molecule has 0 unspecified atom stereocenters. The van der Waals surface area contributed by atoms with Gasteiger partial charge in [0.05, 0.1) is 0 Å². The summed E-state index contributed by atoms with van der Waals surface area (Å²) in [7, 11) is 0. The van der Waals surface area contributed by atoms with E-state index < -0.39 is 5.82 Å². The van der Waals surface area contributed by atoms with Gasteiger partial charge in [-0.2, -0.15) is 0 Å². The summed E-state index contributed by atoms with van der Waals surface area (Å²) in [6.07, 6.45) is 0. The third-order valence-electron chi connectivity index (χ3n) is 4.04. The summed E-state index contributed by atoms with van der Waals surface area (Å²) in [4.78, 5) is 28.0. The number of halogens is 1. The van der Waals surface area contributed by atoms with E-state index >= 15 is 0 Å². The van der Waals surface area contributed by atoms with Crippen molar-refractivity contribution >= 4 is 11.8 Å². The Bertz CT molecular complexity index is 782. The van der Waals surface area contributed by atoms with Crippen molar-refractivity contribution < 1.29 is 18.4 Å². The number of amides is 2. The monoisotopic (exact) mass is 346 g/mol. The summed E-state index contributed by atoms with van der Waals surface area (Å²) in [6, 6.07) is 5.59. The number of carbonyl (C=O) groups is 2. The van der Waals surface area contributed by atoms with Gasteiger partial charge in [-0.1, -0.05) is 19.9 Å². The molecule has 2 amide bonds. The molecule has 2 heterocycles. The van der Waals surface area contributed by atoms with Crippen molar-refractivity contribution in [2.24, 2.45) is 0 Å². The lowest BCUT2D eigenvalue weighted by Crippen LogP contribution is -2.50. The molecule has 1 fully saturated rings. The second-order valence-corrected chi connectivity index (χ2v) is 6.19. The van der Waals surface area contributed by atoms with Gasteiger partial charge in [0.25, 0.3) is 5.91 Å². The van der Waals surface area contributed by atoms with Crippen LogP contribution in [0.2, 0.25) is 0 Å². The zero-order chi connectivity index (χ0) is 18.0. The second-order valence-electron chi connectivity index (χ2n) is 6.19. The molecule has 3 rings (SSSR count). The van der Waals surface area contributed by atoms with Crippen molar-refractivity contribution in [3.63, 3.8) is 0 Å². The molecule has 0 aliphatic carbocycles. The summed E-state index contributed by atoms with van der Waals surface area (Å²) in [6.45, 7) is 5.26. The van der Waals surface area contributed by atoms with Crippen molar-refractivity contribution in [3.8, 4) is 0 Å². The van der Waals surface area contributed by atoms with E-state index in [4.69, 9.17) is 4.42 Å². The average molecular weight is 346 g/mol. The Balaban J connectivity index is 1.61. The Labute approximate surface area is 144 Å². The highest BCUT2D eigenvalue weighted by molar-refractivity contribution is 5.94. The van der Waals surface area contributed by atoms with E-state index in [1.165, 1.54) is 18.2 Å². The first-order chi connectivity index (χ1) is 12.0. The molecule has 1 aliphatic heterocycles. The minimum absolute atomic E-state index is 0.0337. The molecular formula is C17H19FN4O3. The molecule has 0 radical (unpaired) electrons. The van der Waals surface area contributed by atoms with Crippen LogP contribution in [0.15, 0.2) is 28.7 Å². The summed E-state index contributed by atoms with van der Waals surface area (Å²) < 4.78 is 18.6. The van der Waals surface area contributed by atoms with Crippen molar-refractivity contribution in [1.29, 1.82) is 0 Å². The second kappa shape index (κ2) is 7.00. The highest BCUT2D eigenvalue weighted by Crippen LogP contribution is 2.15. The molecule has 0 bridgehead atoms. The molecular weight excluding hydrogens is 327 g/mol. The Morgan fingerprint density at radius 2 is 1.72 bits per heavy atom. The number of piperazine rings is 1. The number of aromatic nitrogens is 2. The third kappa shape index (κ3) is 3.67. The topological polar surface area (TPSA) is 79.5 Å². The van der Waals surface area contributed by atoms with Crippen LogP contribution < -0.4 is 0 Å². The standard InChI is InChI=1S/C17H19FN4O3/c1-11(2)14-19-20-15(25-14)17(24)22-8-6-21(7-9-22)16(23)12-4-3-5-13(18)10-12/h3-5,10-11H,6-9H2,1-2H3. The Morgan fingerprint density at radius 1 is 1.08 bits per heavy atom. The summed E-state index contributed by atoms with van der Waals surface area (Å²) in [5.41, 5.74) is 0.304. The van der Waals surface area contributed by atoms with Crippen LogP contribution in [0.4, 0.5) is 4.39 Å². The fraction of sp³-hybridized carbons (Fsp3) is 0.412. The van der Waals surface area contributed by atoms with Gasteiger partial charge in [-0.05, 0) is 18.2 Å². The van der Waals surface area contributed by atoms with Crippen molar-refractivity contribution in [3.05, 3.63) is 47.4 Å². The van der Waals surface area contributed by atoms with E-state index in [9.17, 15) is 14.0 Å². The van der Waals surface area contributed by atoms with E-state index in [0.29, 0.717) is 37.6 Å². The van der Waals surface area contributed by atoms with Crippen molar-refractivity contribution in [1.82, 2.24) is 20.0 Å². The SMILES string of the molecule is CC(C)c1nnc(C(=O)N2CCN(C(=O)c3cccc(F)c3)CC2)o1. The van der Waals surface area contributed by atoms with E-state index in [0.717, 1.165) is 0 Å². The molecule has 0 N–H and O–H groups in total. The van der Waals surface area contributed by atoms with Gasteiger partial charge in [-0.25, -0.2) is 4.39 Å². The maximum atomic E-state index is 13.3. The molecule has 0 spiro atoms. The molecule has 1 aromatic carbocycles. The highest BCUT2D eigenvalue weighted by atomic mass is 19.1. The quantitative estimate of drug-likeness (QED) is 0.848. The molecule has 2 aromatic rings. The van der Waals surface area contributed by atoms with Gasteiger partial charge in [0.2, 0.25) is 5.89 Å². The van der Waals surface area contributed by atoms with E-state index in [1.807, 2.05) is 13.8 Å². The average Bonchev–Trinajstić information content (AvgIpc) is 3.11. The lowest BCUT2D eigenvalue weighted by atomic mass is 10.1. The smallest absolute Gasteiger partial charge is 0.311 e. The van der Waals surface area contributed by atoms with Crippen LogP contribution in [0, 0.1) is 5.82 Å². The van der Waals surface area contributed by atoms with Gasteiger partial charge in [0.15, 0.2) is 0 Å². The van der Waals surface area contributed by atoms with Gasteiger partial charge < -0.3 is 14.2 Å². The van der Waals surface area contributed by atoms with Crippen LogP contribution in [0.5, 0.6) is 0 Å². The van der Waals surface area contributed by atoms with Crippen LogP contribution in [0.3, 0.4) is 0 Å². The maximum Gasteiger partial charge on any atom is 0.311 e. The zero-order valence-electron chi connectivity index (χ0n) is 14.1. The third-order valence-corrected chi connectivity index (χ3v) is 4.04. The van der Waals surface area contributed by atoms with E-state index in [1.54, 1.807) is 15.9 Å². The van der Waals surface area contributed by atoms with E-state index in [2.05, 4.69) is 10.2 Å². The Hall–Kier alpha value is -2.77. The number of hydrogen-bond acceptors (Lipinski definition) is 5. The minimum atomic E-state index is -0.447. The number of nitrogens with zero attached hydrogens (tertiary/aromatic N) is 4. The normalized spacial score (nSPS) is 14.9. The predicted octanol–water partition coefficient (Wildman–Crippen LogP) is 1.93. The van der Waals surface area contributed by atoms with Gasteiger partial charge in [0.1, 0.15) is 5.82 Å². The van der Waals surface area contributed by atoms with E-state index in [-0.39, 0.29) is 23.6 Å². The fourth-order valence-corrected chi connectivity index (χ4v) is 2.61. The van der Waals surface area contributed by atoms with Crippen LogP contribution in [0.1, 0.15) is 46.7 Å². The Kier molecular flexibility index (Phi) is 4.78.